The lowest BCUT2D eigenvalue weighted by Gasteiger charge is -2.21. The van der Waals surface area contributed by atoms with Crippen molar-refractivity contribution in [1.82, 2.24) is 0 Å². The van der Waals surface area contributed by atoms with Gasteiger partial charge in [0.25, 0.3) is 0 Å². The topological polar surface area (TPSA) is 18.5 Å². The SMILES string of the molecule is COc1cc2cc(c1OC)C2. The van der Waals surface area contributed by atoms with Crippen LogP contribution in [0, 0.1) is 0 Å². The van der Waals surface area contributed by atoms with Crippen LogP contribution < -0.4 is 9.47 Å². The van der Waals surface area contributed by atoms with Gasteiger partial charge in [-0.1, -0.05) is 6.07 Å². The van der Waals surface area contributed by atoms with Gasteiger partial charge in [0.1, 0.15) is 0 Å². The van der Waals surface area contributed by atoms with Crippen LogP contribution in [0.1, 0.15) is 11.1 Å². The zero-order chi connectivity index (χ0) is 7.84. The number of hydrogen-bond donors (Lipinski definition) is 0. The van der Waals surface area contributed by atoms with Gasteiger partial charge in [-0.25, -0.2) is 0 Å². The van der Waals surface area contributed by atoms with Gasteiger partial charge in [-0.2, -0.15) is 0 Å². The molecule has 0 aliphatic heterocycles. The molecular weight excluding hydrogens is 140 g/mol. The van der Waals surface area contributed by atoms with Crippen molar-refractivity contribution in [3.63, 3.8) is 0 Å². The van der Waals surface area contributed by atoms with Crippen LogP contribution in [0.2, 0.25) is 0 Å². The first-order valence-electron chi connectivity index (χ1n) is 3.59. The Morgan fingerprint density at radius 2 is 1.91 bits per heavy atom. The summed E-state index contributed by atoms with van der Waals surface area (Å²) in [6.07, 6.45) is 1.04. The standard InChI is InChI=1S/C9H10O2/c1-10-8-5-6-3-7(4-6)9(8)11-2/h3,5H,4H2,1-2H3. The molecule has 0 N–H and O–H groups in total. The minimum absolute atomic E-state index is 0.853. The molecule has 0 spiro atoms. The average Bonchev–Trinajstić information content (AvgIpc) is 2.01. The average molecular weight is 150 g/mol. The normalized spacial score (nSPS) is 12.2. The molecule has 2 aliphatic carbocycles. The molecule has 2 aliphatic rings. The van der Waals surface area contributed by atoms with E-state index < -0.39 is 0 Å². The van der Waals surface area contributed by atoms with Crippen LogP contribution in [-0.4, -0.2) is 14.2 Å². The molecule has 3 rings (SSSR count). The summed E-state index contributed by atoms with van der Waals surface area (Å²) in [6.45, 7) is 0. The fourth-order valence-corrected chi connectivity index (χ4v) is 1.43. The van der Waals surface area contributed by atoms with Gasteiger partial charge in [-0.15, -0.1) is 0 Å². The summed E-state index contributed by atoms with van der Waals surface area (Å²) in [5.74, 6) is 1.74. The molecule has 0 radical (unpaired) electrons. The number of methoxy groups -OCH3 is 2. The van der Waals surface area contributed by atoms with Gasteiger partial charge in [0, 0.05) is 12.0 Å². The van der Waals surface area contributed by atoms with Crippen LogP contribution in [-0.2, 0) is 6.42 Å². The smallest absolute Gasteiger partial charge is 0.164 e. The quantitative estimate of drug-likeness (QED) is 0.647. The molecule has 11 heavy (non-hydrogen) atoms. The Kier molecular flexibility index (Phi) is 1.28. The first-order valence-corrected chi connectivity index (χ1v) is 3.59. The second kappa shape index (κ2) is 2.16. The zero-order valence-electron chi connectivity index (χ0n) is 6.68. The Bertz CT molecular complexity index is 292. The molecule has 0 saturated carbocycles. The predicted molar refractivity (Wildman–Crippen MR) is 42.4 cm³/mol. The van der Waals surface area contributed by atoms with E-state index in [1.54, 1.807) is 14.2 Å². The van der Waals surface area contributed by atoms with E-state index in [0.29, 0.717) is 0 Å². The number of hydrogen-bond acceptors (Lipinski definition) is 2. The second-order valence-electron chi connectivity index (χ2n) is 2.67. The molecule has 0 amide bonds. The van der Waals surface area contributed by atoms with Gasteiger partial charge in [0.15, 0.2) is 11.5 Å². The van der Waals surface area contributed by atoms with E-state index in [1.807, 2.05) is 6.07 Å². The highest BCUT2D eigenvalue weighted by atomic mass is 16.5. The van der Waals surface area contributed by atoms with Crippen LogP contribution >= 0.6 is 0 Å². The van der Waals surface area contributed by atoms with E-state index in [2.05, 4.69) is 6.07 Å². The van der Waals surface area contributed by atoms with Crippen molar-refractivity contribution < 1.29 is 9.47 Å². The Labute approximate surface area is 65.7 Å². The number of benzene rings is 1. The van der Waals surface area contributed by atoms with Crippen molar-refractivity contribution in [2.75, 3.05) is 14.2 Å². The third-order valence-corrected chi connectivity index (χ3v) is 2.01. The fraction of sp³-hybridized carbons (Fsp3) is 0.333. The lowest BCUT2D eigenvalue weighted by atomic mass is 9.91. The largest absolute Gasteiger partial charge is 0.493 e. The van der Waals surface area contributed by atoms with E-state index in [1.165, 1.54) is 11.1 Å². The van der Waals surface area contributed by atoms with E-state index in [0.717, 1.165) is 17.9 Å². The molecule has 1 aromatic carbocycles. The van der Waals surface area contributed by atoms with Crippen LogP contribution in [0.15, 0.2) is 12.1 Å². The van der Waals surface area contributed by atoms with Gasteiger partial charge < -0.3 is 9.47 Å². The minimum atomic E-state index is 0.853. The molecule has 0 fully saturated rings. The van der Waals surface area contributed by atoms with Crippen molar-refractivity contribution in [3.8, 4) is 11.5 Å². The summed E-state index contributed by atoms with van der Waals surface area (Å²) in [5, 5.41) is 0. The summed E-state index contributed by atoms with van der Waals surface area (Å²) < 4.78 is 10.3. The van der Waals surface area contributed by atoms with Crippen molar-refractivity contribution in [2.24, 2.45) is 0 Å². The zero-order valence-corrected chi connectivity index (χ0v) is 6.68. The summed E-state index contributed by atoms with van der Waals surface area (Å²) in [5.41, 5.74) is 2.58. The maximum Gasteiger partial charge on any atom is 0.164 e. The second-order valence-corrected chi connectivity index (χ2v) is 2.67. The Hall–Kier alpha value is -1.18. The summed E-state index contributed by atoms with van der Waals surface area (Å²) >= 11 is 0. The lowest BCUT2D eigenvalue weighted by Crippen LogP contribution is -2.06. The molecule has 0 aromatic heterocycles. The van der Waals surface area contributed by atoms with Gasteiger partial charge in [-0.05, 0) is 11.6 Å². The monoisotopic (exact) mass is 150 g/mol. The molecule has 58 valence electrons. The highest BCUT2D eigenvalue weighted by Crippen LogP contribution is 2.39. The maximum absolute atomic E-state index is 5.19. The van der Waals surface area contributed by atoms with Gasteiger partial charge in [0.05, 0.1) is 14.2 Å². The van der Waals surface area contributed by atoms with E-state index in [-0.39, 0.29) is 0 Å². The number of rotatable bonds is 2. The molecule has 0 heterocycles. The number of ether oxygens (including phenoxy) is 2. The molecule has 0 saturated heterocycles. The molecule has 2 nitrogen and oxygen atoms in total. The summed E-state index contributed by atoms with van der Waals surface area (Å²) in [6, 6.07) is 4.15. The molecule has 1 aromatic rings. The molecule has 0 atom stereocenters. The first-order chi connectivity index (χ1) is 5.35. The van der Waals surface area contributed by atoms with Gasteiger partial charge >= 0.3 is 0 Å². The Morgan fingerprint density at radius 3 is 2.36 bits per heavy atom. The van der Waals surface area contributed by atoms with Crippen molar-refractivity contribution in [1.29, 1.82) is 0 Å². The van der Waals surface area contributed by atoms with Crippen molar-refractivity contribution in [2.45, 2.75) is 6.42 Å². The fourth-order valence-electron chi connectivity index (χ4n) is 1.43. The van der Waals surface area contributed by atoms with Crippen LogP contribution in [0.4, 0.5) is 0 Å². The highest BCUT2D eigenvalue weighted by molar-refractivity contribution is 5.57. The maximum atomic E-state index is 5.19. The summed E-state index contributed by atoms with van der Waals surface area (Å²) in [4.78, 5) is 0. The van der Waals surface area contributed by atoms with E-state index >= 15 is 0 Å². The van der Waals surface area contributed by atoms with Crippen molar-refractivity contribution in [3.05, 3.63) is 23.3 Å². The van der Waals surface area contributed by atoms with E-state index in [4.69, 9.17) is 9.47 Å². The van der Waals surface area contributed by atoms with Crippen LogP contribution in [0.5, 0.6) is 11.5 Å². The first kappa shape index (κ1) is 6.53. The van der Waals surface area contributed by atoms with Gasteiger partial charge in [0.2, 0.25) is 0 Å². The number of fused-ring (bicyclic) bond motifs is 2. The van der Waals surface area contributed by atoms with Gasteiger partial charge in [-0.3, -0.25) is 0 Å². The third kappa shape index (κ3) is 0.788. The Morgan fingerprint density at radius 1 is 1.18 bits per heavy atom. The lowest BCUT2D eigenvalue weighted by molar-refractivity contribution is 0.349. The Balaban J connectivity index is 2.50. The predicted octanol–water partition coefficient (Wildman–Crippen LogP) is 1.61. The molecule has 2 heteroatoms. The van der Waals surface area contributed by atoms with Crippen molar-refractivity contribution >= 4 is 0 Å². The molecule has 2 bridgehead atoms. The molecule has 0 unspecified atom stereocenters. The third-order valence-electron chi connectivity index (χ3n) is 2.01. The van der Waals surface area contributed by atoms with E-state index in [9.17, 15) is 0 Å². The van der Waals surface area contributed by atoms with Crippen LogP contribution in [0.3, 0.4) is 0 Å². The molecular formula is C9H10O2. The minimum Gasteiger partial charge on any atom is -0.493 e. The van der Waals surface area contributed by atoms with Crippen LogP contribution in [0.25, 0.3) is 0 Å². The summed E-state index contributed by atoms with van der Waals surface area (Å²) in [7, 11) is 3.34. The highest BCUT2D eigenvalue weighted by Gasteiger charge is 2.19.